The highest BCUT2D eigenvalue weighted by atomic mass is 16.4. The van der Waals surface area contributed by atoms with E-state index in [4.69, 9.17) is 4.98 Å². The van der Waals surface area contributed by atoms with Crippen LogP contribution in [0.25, 0.3) is 10.9 Å². The predicted octanol–water partition coefficient (Wildman–Crippen LogP) is 2.48. The van der Waals surface area contributed by atoms with Gasteiger partial charge in [0.15, 0.2) is 0 Å². The van der Waals surface area contributed by atoms with Gasteiger partial charge in [0.1, 0.15) is 11.2 Å². The highest BCUT2D eigenvalue weighted by Crippen LogP contribution is 2.38. The first-order valence-corrected chi connectivity index (χ1v) is 9.09. The molecule has 6 nitrogen and oxygen atoms in total. The molecule has 0 saturated carbocycles. The third-order valence-electron chi connectivity index (χ3n) is 5.48. The summed E-state index contributed by atoms with van der Waals surface area (Å²) >= 11 is 0. The normalized spacial score (nSPS) is 23.4. The van der Waals surface area contributed by atoms with E-state index in [2.05, 4.69) is 0 Å². The van der Waals surface area contributed by atoms with E-state index in [0.29, 0.717) is 37.2 Å². The molecule has 26 heavy (non-hydrogen) atoms. The van der Waals surface area contributed by atoms with Gasteiger partial charge in [-0.15, -0.1) is 0 Å². The summed E-state index contributed by atoms with van der Waals surface area (Å²) in [5, 5.41) is 31.1. The van der Waals surface area contributed by atoms with Gasteiger partial charge in [-0.2, -0.15) is 0 Å². The van der Waals surface area contributed by atoms with Crippen molar-refractivity contribution in [3.05, 3.63) is 35.4 Å². The molecule has 1 aliphatic heterocycles. The van der Waals surface area contributed by atoms with E-state index < -0.39 is 17.5 Å². The monoisotopic (exact) mass is 358 g/mol. The second-order valence-corrected chi connectivity index (χ2v) is 7.21. The molecule has 0 bridgehead atoms. The minimum atomic E-state index is -1.21. The van der Waals surface area contributed by atoms with Crippen LogP contribution in [0.1, 0.15) is 37.3 Å². The van der Waals surface area contributed by atoms with E-state index in [1.54, 1.807) is 0 Å². The van der Waals surface area contributed by atoms with Crippen LogP contribution in [0.3, 0.4) is 0 Å². The maximum absolute atomic E-state index is 12.0. The Bertz CT molecular complexity index is 823. The number of pyridine rings is 1. The molecular formula is C20H26N2O4. The van der Waals surface area contributed by atoms with Crippen LogP contribution < -0.4 is 4.90 Å². The number of carbonyl (C=O) groups is 1. The lowest BCUT2D eigenvalue weighted by Crippen LogP contribution is -2.56. The fourth-order valence-corrected chi connectivity index (χ4v) is 4.04. The summed E-state index contributed by atoms with van der Waals surface area (Å²) in [5.74, 6) is -0.359. The summed E-state index contributed by atoms with van der Waals surface area (Å²) in [6.07, 6.45) is 0.566. The van der Waals surface area contributed by atoms with Gasteiger partial charge in [-0.3, -0.25) is 4.79 Å². The second-order valence-electron chi connectivity index (χ2n) is 7.21. The minimum absolute atomic E-state index is 0.168. The summed E-state index contributed by atoms with van der Waals surface area (Å²) in [6.45, 7) is 4.44. The van der Waals surface area contributed by atoms with Crippen LogP contribution >= 0.6 is 0 Å². The fourth-order valence-electron chi connectivity index (χ4n) is 4.04. The van der Waals surface area contributed by atoms with Crippen molar-refractivity contribution in [2.45, 2.75) is 45.8 Å². The van der Waals surface area contributed by atoms with Crippen molar-refractivity contribution < 1.29 is 20.1 Å². The molecule has 140 valence electrons. The second kappa shape index (κ2) is 7.21. The molecule has 1 fully saturated rings. The first-order chi connectivity index (χ1) is 12.4. The van der Waals surface area contributed by atoms with Gasteiger partial charge in [0.2, 0.25) is 0 Å². The molecule has 1 aliphatic rings. The molecule has 1 aromatic carbocycles. The summed E-state index contributed by atoms with van der Waals surface area (Å²) in [4.78, 5) is 18.7. The first kappa shape index (κ1) is 18.6. The summed E-state index contributed by atoms with van der Waals surface area (Å²) in [6, 6.07) is 7.80. The van der Waals surface area contributed by atoms with E-state index in [-0.39, 0.29) is 13.2 Å². The number of hydrogen-bond acceptors (Lipinski definition) is 5. The van der Waals surface area contributed by atoms with Crippen molar-refractivity contribution >= 4 is 22.7 Å². The highest BCUT2D eigenvalue weighted by Gasteiger charge is 2.49. The van der Waals surface area contributed by atoms with E-state index >= 15 is 0 Å². The number of piperidine rings is 1. The summed E-state index contributed by atoms with van der Waals surface area (Å²) in [7, 11) is 0. The Balaban J connectivity index is 2.07. The molecule has 1 saturated heterocycles. The Morgan fingerprint density at radius 1 is 1.42 bits per heavy atom. The van der Waals surface area contributed by atoms with Crippen LogP contribution in [0.15, 0.2) is 24.3 Å². The van der Waals surface area contributed by atoms with Crippen LogP contribution in [-0.2, 0) is 11.4 Å². The number of aromatic nitrogens is 1. The lowest BCUT2D eigenvalue weighted by atomic mass is 9.74. The van der Waals surface area contributed by atoms with Crippen molar-refractivity contribution in [3.8, 4) is 0 Å². The standard InChI is InChI=1S/C20H26N2O4/c1-3-8-20(19(25)26)12-22(9-7-16(20)24)18-15(11-23)10-14-6-4-5-13(2)17(14)21-18/h4-6,10,16,23-24H,3,7-9,11-12H2,1-2H3,(H,25,26)/t16-,20-/m1/s1. The van der Waals surface area contributed by atoms with E-state index in [0.717, 1.165) is 16.5 Å². The Hall–Kier alpha value is -2.18. The third-order valence-corrected chi connectivity index (χ3v) is 5.48. The largest absolute Gasteiger partial charge is 0.481 e. The van der Waals surface area contributed by atoms with Gasteiger partial charge in [-0.1, -0.05) is 31.5 Å². The number of benzene rings is 1. The van der Waals surface area contributed by atoms with E-state index in [1.807, 2.05) is 43.0 Å². The Kier molecular flexibility index (Phi) is 5.16. The van der Waals surface area contributed by atoms with E-state index in [9.17, 15) is 20.1 Å². The molecule has 3 N–H and O–H groups in total. The number of hydrogen-bond donors (Lipinski definition) is 3. The zero-order valence-electron chi connectivity index (χ0n) is 15.3. The summed E-state index contributed by atoms with van der Waals surface area (Å²) in [5.41, 5.74) is 1.35. The van der Waals surface area contributed by atoms with Crippen LogP contribution in [0.4, 0.5) is 5.82 Å². The molecule has 0 amide bonds. The smallest absolute Gasteiger partial charge is 0.314 e. The van der Waals surface area contributed by atoms with Gasteiger partial charge in [0, 0.05) is 24.0 Å². The number of aliphatic carboxylic acids is 1. The van der Waals surface area contributed by atoms with Crippen molar-refractivity contribution in [3.63, 3.8) is 0 Å². The Labute approximate surface area is 153 Å². The highest BCUT2D eigenvalue weighted by molar-refractivity contribution is 5.85. The quantitative estimate of drug-likeness (QED) is 0.760. The maximum atomic E-state index is 12.0. The van der Waals surface area contributed by atoms with Crippen LogP contribution in [-0.4, -0.2) is 45.5 Å². The van der Waals surface area contributed by atoms with Crippen LogP contribution in [0, 0.1) is 12.3 Å². The van der Waals surface area contributed by atoms with Gasteiger partial charge in [-0.05, 0) is 31.4 Å². The topological polar surface area (TPSA) is 93.9 Å². The molecule has 2 heterocycles. The minimum Gasteiger partial charge on any atom is -0.481 e. The number of aliphatic hydroxyl groups excluding tert-OH is 2. The zero-order chi connectivity index (χ0) is 18.9. The van der Waals surface area contributed by atoms with Crippen molar-refractivity contribution in [2.24, 2.45) is 5.41 Å². The molecule has 0 aliphatic carbocycles. The fraction of sp³-hybridized carbons (Fsp3) is 0.500. The average molecular weight is 358 g/mol. The maximum Gasteiger partial charge on any atom is 0.314 e. The van der Waals surface area contributed by atoms with Gasteiger partial charge < -0.3 is 20.2 Å². The molecule has 3 rings (SSSR count). The Morgan fingerprint density at radius 3 is 2.85 bits per heavy atom. The van der Waals surface area contributed by atoms with Crippen molar-refractivity contribution in [1.82, 2.24) is 4.98 Å². The summed E-state index contributed by atoms with van der Waals surface area (Å²) < 4.78 is 0. The SMILES string of the molecule is CCC[C@@]1(C(=O)O)CN(c2nc3c(C)cccc3cc2CO)CC[C@H]1O. The molecule has 0 spiro atoms. The van der Waals surface area contributed by atoms with Crippen molar-refractivity contribution in [1.29, 1.82) is 0 Å². The number of rotatable bonds is 5. The van der Waals surface area contributed by atoms with Gasteiger partial charge in [0.25, 0.3) is 0 Å². The number of aryl methyl sites for hydroxylation is 1. The van der Waals surface area contributed by atoms with Crippen molar-refractivity contribution in [2.75, 3.05) is 18.0 Å². The molecule has 0 radical (unpaired) electrons. The third kappa shape index (κ3) is 3.04. The van der Waals surface area contributed by atoms with Gasteiger partial charge in [-0.25, -0.2) is 4.98 Å². The number of nitrogens with zero attached hydrogens (tertiary/aromatic N) is 2. The molecular weight excluding hydrogens is 332 g/mol. The van der Waals surface area contributed by atoms with Gasteiger partial charge in [0.05, 0.1) is 18.2 Å². The molecule has 2 atom stereocenters. The average Bonchev–Trinajstić information content (AvgIpc) is 2.63. The Morgan fingerprint density at radius 2 is 2.19 bits per heavy atom. The molecule has 6 heteroatoms. The number of carboxylic acids is 1. The molecule has 0 unspecified atom stereocenters. The number of carboxylic acid groups (broad SMARTS) is 1. The number of fused-ring (bicyclic) bond motifs is 1. The number of aliphatic hydroxyl groups is 2. The lowest BCUT2D eigenvalue weighted by Gasteiger charge is -2.44. The number of para-hydroxylation sites is 1. The molecule has 1 aromatic heterocycles. The first-order valence-electron chi connectivity index (χ1n) is 9.09. The van der Waals surface area contributed by atoms with Crippen LogP contribution in [0.2, 0.25) is 0 Å². The van der Waals surface area contributed by atoms with Gasteiger partial charge >= 0.3 is 5.97 Å². The number of anilines is 1. The van der Waals surface area contributed by atoms with Crippen LogP contribution in [0.5, 0.6) is 0 Å². The zero-order valence-corrected chi connectivity index (χ0v) is 15.3. The van der Waals surface area contributed by atoms with E-state index in [1.165, 1.54) is 0 Å². The predicted molar refractivity (Wildman–Crippen MR) is 100 cm³/mol. The lowest BCUT2D eigenvalue weighted by molar-refractivity contribution is -0.158. The molecule has 2 aromatic rings.